The van der Waals surface area contributed by atoms with Crippen molar-refractivity contribution in [1.29, 1.82) is 5.26 Å². The second-order valence-electron chi connectivity index (χ2n) is 3.66. The maximum atomic E-state index is 8.55. The van der Waals surface area contributed by atoms with E-state index < -0.39 is 0 Å². The van der Waals surface area contributed by atoms with Gasteiger partial charge in [0.2, 0.25) is 0 Å². The van der Waals surface area contributed by atoms with Crippen LogP contribution >= 0.6 is 11.8 Å². The molecular weight excluding hydrogens is 218 g/mol. The lowest BCUT2D eigenvalue weighted by molar-refractivity contribution is -0.701. The highest BCUT2D eigenvalue weighted by atomic mass is 32.2. The standard InChI is InChI=1S/C12H19N3S/c1-2-16-11-4-3-6-12-14-8-10-15(12)9-5-7-13/h8,10H,2-6,9,11H2,1H3/p+1. The molecule has 4 heteroatoms. The zero-order valence-electron chi connectivity index (χ0n) is 9.91. The van der Waals surface area contributed by atoms with Crippen molar-refractivity contribution in [3.63, 3.8) is 0 Å². The summed E-state index contributed by atoms with van der Waals surface area (Å²) in [6.07, 6.45) is 8.14. The van der Waals surface area contributed by atoms with Crippen LogP contribution in [-0.2, 0) is 13.0 Å². The summed E-state index contributed by atoms with van der Waals surface area (Å²) in [6, 6.07) is 2.18. The molecule has 0 atom stereocenters. The SMILES string of the molecule is CCSCCCCc1[nH]cc[n+]1CCC#N. The van der Waals surface area contributed by atoms with Crippen LogP contribution in [0.1, 0.15) is 32.0 Å². The van der Waals surface area contributed by atoms with Crippen LogP contribution in [0.2, 0.25) is 0 Å². The third kappa shape index (κ3) is 4.71. The number of rotatable bonds is 8. The number of aryl methyl sites for hydroxylation is 2. The van der Waals surface area contributed by atoms with E-state index in [9.17, 15) is 0 Å². The van der Waals surface area contributed by atoms with Gasteiger partial charge in [-0.3, -0.25) is 0 Å². The second kappa shape index (κ2) is 8.23. The number of aromatic amines is 1. The van der Waals surface area contributed by atoms with Crippen molar-refractivity contribution in [2.24, 2.45) is 0 Å². The largest absolute Gasteiger partial charge is 0.254 e. The van der Waals surface area contributed by atoms with Gasteiger partial charge < -0.3 is 0 Å². The Balaban J connectivity index is 2.25. The van der Waals surface area contributed by atoms with Crippen LogP contribution in [-0.4, -0.2) is 16.5 Å². The first-order chi connectivity index (χ1) is 7.88. The molecule has 0 saturated heterocycles. The summed E-state index contributed by atoms with van der Waals surface area (Å²) in [4.78, 5) is 3.25. The van der Waals surface area contributed by atoms with Crippen molar-refractivity contribution in [1.82, 2.24) is 4.98 Å². The van der Waals surface area contributed by atoms with Crippen molar-refractivity contribution in [2.45, 2.75) is 39.2 Å². The molecule has 0 aromatic carbocycles. The number of hydrogen-bond acceptors (Lipinski definition) is 2. The van der Waals surface area contributed by atoms with E-state index in [4.69, 9.17) is 5.26 Å². The van der Waals surface area contributed by atoms with Crippen LogP contribution in [0.15, 0.2) is 12.4 Å². The quantitative estimate of drug-likeness (QED) is 0.558. The molecule has 0 amide bonds. The molecule has 1 aromatic rings. The van der Waals surface area contributed by atoms with Gasteiger partial charge in [0, 0.05) is 6.42 Å². The maximum Gasteiger partial charge on any atom is 0.254 e. The van der Waals surface area contributed by atoms with Gasteiger partial charge in [-0.05, 0) is 24.3 Å². The van der Waals surface area contributed by atoms with Crippen LogP contribution in [0.25, 0.3) is 0 Å². The molecule has 1 heterocycles. The molecule has 0 aliphatic heterocycles. The normalized spacial score (nSPS) is 10.2. The number of nitrogens with one attached hydrogen (secondary N) is 1. The van der Waals surface area contributed by atoms with E-state index in [1.54, 1.807) is 0 Å². The molecule has 0 radical (unpaired) electrons. The molecule has 0 saturated carbocycles. The highest BCUT2D eigenvalue weighted by molar-refractivity contribution is 7.99. The zero-order valence-corrected chi connectivity index (χ0v) is 10.7. The predicted molar refractivity (Wildman–Crippen MR) is 67.2 cm³/mol. The van der Waals surface area contributed by atoms with Gasteiger partial charge in [0.1, 0.15) is 18.9 Å². The number of imidazole rings is 1. The fourth-order valence-electron chi connectivity index (χ4n) is 1.63. The van der Waals surface area contributed by atoms with Gasteiger partial charge >= 0.3 is 0 Å². The average Bonchev–Trinajstić information content (AvgIpc) is 2.74. The average molecular weight is 238 g/mol. The van der Waals surface area contributed by atoms with Gasteiger partial charge in [0.15, 0.2) is 0 Å². The van der Waals surface area contributed by atoms with E-state index in [-0.39, 0.29) is 0 Å². The number of aromatic nitrogens is 2. The summed E-state index contributed by atoms with van der Waals surface area (Å²) in [7, 11) is 0. The summed E-state index contributed by atoms with van der Waals surface area (Å²) >= 11 is 2.00. The summed E-state index contributed by atoms with van der Waals surface area (Å²) in [5.41, 5.74) is 0. The second-order valence-corrected chi connectivity index (χ2v) is 5.06. The smallest absolute Gasteiger partial charge is 0.248 e. The Hall–Kier alpha value is -0.950. The Kier molecular flexibility index (Phi) is 6.75. The van der Waals surface area contributed by atoms with Crippen molar-refractivity contribution in [3.8, 4) is 6.07 Å². The predicted octanol–water partition coefficient (Wildman–Crippen LogP) is 2.29. The first-order valence-electron chi connectivity index (χ1n) is 5.89. The Morgan fingerprint density at radius 1 is 1.50 bits per heavy atom. The van der Waals surface area contributed by atoms with Crippen molar-refractivity contribution in [2.75, 3.05) is 11.5 Å². The minimum Gasteiger partial charge on any atom is -0.248 e. The first kappa shape index (κ1) is 13.1. The van der Waals surface area contributed by atoms with Crippen LogP contribution in [0, 0.1) is 11.3 Å². The van der Waals surface area contributed by atoms with Gasteiger partial charge in [-0.2, -0.15) is 17.0 Å². The lowest BCUT2D eigenvalue weighted by atomic mass is 10.2. The highest BCUT2D eigenvalue weighted by Crippen LogP contribution is 2.05. The van der Waals surface area contributed by atoms with Gasteiger partial charge in [-0.15, -0.1) is 0 Å². The molecular formula is C12H20N3S+. The molecule has 16 heavy (non-hydrogen) atoms. The van der Waals surface area contributed by atoms with Crippen LogP contribution in [0.3, 0.4) is 0 Å². The van der Waals surface area contributed by atoms with Crippen LogP contribution in [0.5, 0.6) is 0 Å². The van der Waals surface area contributed by atoms with E-state index in [0.29, 0.717) is 6.42 Å². The molecule has 0 bridgehead atoms. The van der Waals surface area contributed by atoms with E-state index >= 15 is 0 Å². The molecule has 88 valence electrons. The Morgan fingerprint density at radius 2 is 2.38 bits per heavy atom. The molecule has 0 aliphatic carbocycles. The van der Waals surface area contributed by atoms with Crippen molar-refractivity contribution < 1.29 is 4.57 Å². The summed E-state index contributed by atoms with van der Waals surface area (Å²) in [5.74, 6) is 3.72. The molecule has 1 rings (SSSR count). The van der Waals surface area contributed by atoms with E-state index in [0.717, 1.165) is 13.0 Å². The monoisotopic (exact) mass is 238 g/mol. The van der Waals surface area contributed by atoms with Gasteiger partial charge in [-0.25, -0.2) is 9.55 Å². The minimum absolute atomic E-state index is 0.585. The Morgan fingerprint density at radius 3 is 3.12 bits per heavy atom. The number of hydrogen-bond donors (Lipinski definition) is 1. The Bertz CT molecular complexity index is 327. The molecule has 0 spiro atoms. The molecule has 3 nitrogen and oxygen atoms in total. The van der Waals surface area contributed by atoms with Crippen LogP contribution in [0.4, 0.5) is 0 Å². The molecule has 1 N–H and O–H groups in total. The third-order valence-electron chi connectivity index (χ3n) is 2.47. The first-order valence-corrected chi connectivity index (χ1v) is 7.04. The number of unbranched alkanes of at least 4 members (excludes halogenated alkanes) is 1. The maximum absolute atomic E-state index is 8.55. The summed E-state index contributed by atoms with van der Waals surface area (Å²) in [6.45, 7) is 3.00. The van der Waals surface area contributed by atoms with E-state index in [1.165, 1.54) is 30.2 Å². The topological polar surface area (TPSA) is 43.5 Å². The third-order valence-corrected chi connectivity index (χ3v) is 3.46. The fraction of sp³-hybridized carbons (Fsp3) is 0.667. The number of nitriles is 1. The lowest BCUT2D eigenvalue weighted by Gasteiger charge is -1.99. The van der Waals surface area contributed by atoms with Gasteiger partial charge in [-0.1, -0.05) is 6.92 Å². The van der Waals surface area contributed by atoms with Gasteiger partial charge in [0.05, 0.1) is 12.5 Å². The molecule has 0 aliphatic rings. The van der Waals surface area contributed by atoms with Crippen molar-refractivity contribution >= 4 is 11.8 Å². The Labute approximate surface area is 102 Å². The number of thioether (sulfide) groups is 1. The molecule has 1 aromatic heterocycles. The number of nitrogens with zero attached hydrogens (tertiary/aromatic N) is 2. The number of H-pyrrole nitrogens is 1. The highest BCUT2D eigenvalue weighted by Gasteiger charge is 2.08. The van der Waals surface area contributed by atoms with Crippen molar-refractivity contribution in [3.05, 3.63) is 18.2 Å². The molecule has 0 fully saturated rings. The van der Waals surface area contributed by atoms with E-state index in [2.05, 4.69) is 22.5 Å². The minimum atomic E-state index is 0.585. The van der Waals surface area contributed by atoms with Gasteiger partial charge in [0.25, 0.3) is 5.82 Å². The summed E-state index contributed by atoms with van der Waals surface area (Å²) < 4.78 is 2.15. The zero-order chi connectivity index (χ0) is 11.6. The summed E-state index contributed by atoms with van der Waals surface area (Å²) in [5, 5.41) is 8.55. The fourth-order valence-corrected chi connectivity index (χ4v) is 2.33. The molecule has 0 unspecified atom stereocenters. The van der Waals surface area contributed by atoms with E-state index in [1.807, 2.05) is 24.2 Å². The lowest BCUT2D eigenvalue weighted by Crippen LogP contribution is -2.35. The van der Waals surface area contributed by atoms with Crippen LogP contribution < -0.4 is 4.57 Å².